The molecule has 8 heteroatoms. The first-order valence-electron chi connectivity index (χ1n) is 9.05. The zero-order chi connectivity index (χ0) is 20.4. The van der Waals surface area contributed by atoms with Crippen molar-refractivity contribution in [1.82, 2.24) is 9.88 Å². The second kappa shape index (κ2) is 7.62. The van der Waals surface area contributed by atoms with E-state index >= 15 is 0 Å². The van der Waals surface area contributed by atoms with Crippen molar-refractivity contribution in [2.45, 2.75) is 18.9 Å². The van der Waals surface area contributed by atoms with Gasteiger partial charge in [-0.25, -0.2) is 4.98 Å². The predicted molar refractivity (Wildman–Crippen MR) is 99.8 cm³/mol. The van der Waals surface area contributed by atoms with E-state index in [0.717, 1.165) is 23.0 Å². The van der Waals surface area contributed by atoms with Crippen LogP contribution in [0.25, 0.3) is 10.9 Å². The molecular formula is C21H17F3N2O3. The quantitative estimate of drug-likeness (QED) is 0.648. The number of carbonyl (C=O) groups excluding carboxylic acids is 1. The predicted octanol–water partition coefficient (Wildman–Crippen LogP) is 4.43. The summed E-state index contributed by atoms with van der Waals surface area (Å²) in [5.41, 5.74) is 0.952. The Morgan fingerprint density at radius 3 is 2.72 bits per heavy atom. The number of para-hydroxylation sites is 1. The molecule has 0 spiro atoms. The van der Waals surface area contributed by atoms with Crippen LogP contribution in [0.5, 0.6) is 11.6 Å². The zero-order valence-corrected chi connectivity index (χ0v) is 15.2. The Morgan fingerprint density at radius 1 is 1.07 bits per heavy atom. The number of halogens is 3. The molecule has 4 rings (SSSR count). The molecule has 2 aromatic carbocycles. The van der Waals surface area contributed by atoms with Gasteiger partial charge in [0, 0.05) is 30.0 Å². The first kappa shape index (κ1) is 19.0. The number of amides is 1. The molecule has 1 fully saturated rings. The highest BCUT2D eigenvalue weighted by atomic mass is 19.4. The highest BCUT2D eigenvalue weighted by molar-refractivity contribution is 5.94. The van der Waals surface area contributed by atoms with Crippen molar-refractivity contribution >= 4 is 16.8 Å². The van der Waals surface area contributed by atoms with Crippen molar-refractivity contribution in [3.05, 3.63) is 66.2 Å². The fourth-order valence-electron chi connectivity index (χ4n) is 3.30. The summed E-state index contributed by atoms with van der Waals surface area (Å²) in [6.07, 6.45) is -4.43. The van der Waals surface area contributed by atoms with Gasteiger partial charge in [-0.3, -0.25) is 4.79 Å². The third-order valence-corrected chi connectivity index (χ3v) is 4.61. The lowest BCUT2D eigenvalue weighted by Gasteiger charge is -2.18. The molecule has 1 unspecified atom stereocenters. The Hall–Kier alpha value is -3.29. The first-order chi connectivity index (χ1) is 13.9. The minimum absolute atomic E-state index is 0.135. The van der Waals surface area contributed by atoms with Gasteiger partial charge >= 0.3 is 6.36 Å². The van der Waals surface area contributed by atoms with Crippen LogP contribution in [0.3, 0.4) is 0 Å². The summed E-state index contributed by atoms with van der Waals surface area (Å²) >= 11 is 0. The van der Waals surface area contributed by atoms with Crippen LogP contribution in [0.1, 0.15) is 16.8 Å². The van der Waals surface area contributed by atoms with Gasteiger partial charge in [0.25, 0.3) is 5.91 Å². The lowest BCUT2D eigenvalue weighted by molar-refractivity contribution is -0.274. The number of ether oxygens (including phenoxy) is 2. The number of aromatic nitrogens is 1. The molecule has 1 aliphatic heterocycles. The van der Waals surface area contributed by atoms with E-state index in [-0.39, 0.29) is 17.6 Å². The zero-order valence-electron chi connectivity index (χ0n) is 15.2. The number of rotatable bonds is 4. The van der Waals surface area contributed by atoms with E-state index < -0.39 is 12.1 Å². The summed E-state index contributed by atoms with van der Waals surface area (Å²) in [6.45, 7) is 0.777. The molecule has 150 valence electrons. The van der Waals surface area contributed by atoms with E-state index in [0.29, 0.717) is 25.4 Å². The Balaban J connectivity index is 1.41. The molecule has 1 amide bonds. The number of nitrogens with zero attached hydrogens (tertiary/aromatic N) is 2. The van der Waals surface area contributed by atoms with Crippen LogP contribution in [0, 0.1) is 0 Å². The van der Waals surface area contributed by atoms with Crippen LogP contribution < -0.4 is 9.47 Å². The smallest absolute Gasteiger partial charge is 0.472 e. The first-order valence-corrected chi connectivity index (χ1v) is 9.05. The number of fused-ring (bicyclic) bond motifs is 1. The number of hydrogen-bond acceptors (Lipinski definition) is 4. The van der Waals surface area contributed by atoms with Crippen LogP contribution in [0.4, 0.5) is 13.2 Å². The second-order valence-electron chi connectivity index (χ2n) is 6.70. The lowest BCUT2D eigenvalue weighted by Crippen LogP contribution is -2.31. The van der Waals surface area contributed by atoms with Gasteiger partial charge in [0.2, 0.25) is 5.88 Å². The Kier molecular flexibility index (Phi) is 5.00. The van der Waals surface area contributed by atoms with Gasteiger partial charge in [-0.15, -0.1) is 13.2 Å². The van der Waals surface area contributed by atoms with Crippen molar-refractivity contribution in [2.24, 2.45) is 0 Å². The van der Waals surface area contributed by atoms with Gasteiger partial charge in [-0.2, -0.15) is 0 Å². The topological polar surface area (TPSA) is 51.7 Å². The normalized spacial score (nSPS) is 16.8. The average Bonchev–Trinajstić information content (AvgIpc) is 3.14. The molecule has 1 saturated heterocycles. The third kappa shape index (κ3) is 4.59. The summed E-state index contributed by atoms with van der Waals surface area (Å²) in [7, 11) is 0. The van der Waals surface area contributed by atoms with Gasteiger partial charge in [0.1, 0.15) is 11.9 Å². The van der Waals surface area contributed by atoms with E-state index in [1.165, 1.54) is 12.1 Å². The number of carbonyl (C=O) groups is 1. The summed E-state index contributed by atoms with van der Waals surface area (Å²) < 4.78 is 47.0. The van der Waals surface area contributed by atoms with Gasteiger partial charge in [-0.1, -0.05) is 24.3 Å². The molecule has 0 saturated carbocycles. The fraction of sp³-hybridized carbons (Fsp3) is 0.238. The Labute approximate surface area is 164 Å². The molecule has 29 heavy (non-hydrogen) atoms. The van der Waals surface area contributed by atoms with Gasteiger partial charge in [0.15, 0.2) is 0 Å². The maximum atomic E-state index is 12.7. The van der Waals surface area contributed by atoms with Crippen molar-refractivity contribution in [1.29, 1.82) is 0 Å². The number of pyridine rings is 1. The number of alkyl halides is 3. The van der Waals surface area contributed by atoms with E-state index in [9.17, 15) is 18.0 Å². The average molecular weight is 402 g/mol. The maximum absolute atomic E-state index is 12.7. The minimum Gasteiger partial charge on any atom is -0.472 e. The fourth-order valence-corrected chi connectivity index (χ4v) is 3.30. The largest absolute Gasteiger partial charge is 0.573 e. The molecule has 0 bridgehead atoms. The van der Waals surface area contributed by atoms with Crippen molar-refractivity contribution in [3.63, 3.8) is 0 Å². The third-order valence-electron chi connectivity index (χ3n) is 4.61. The van der Waals surface area contributed by atoms with Gasteiger partial charge < -0.3 is 14.4 Å². The maximum Gasteiger partial charge on any atom is 0.573 e. The number of likely N-dealkylation sites (tertiary alicyclic amines) is 1. The summed E-state index contributed by atoms with van der Waals surface area (Å²) in [5.74, 6) is -0.311. The van der Waals surface area contributed by atoms with Gasteiger partial charge in [-0.05, 0) is 30.3 Å². The second-order valence-corrected chi connectivity index (χ2v) is 6.70. The van der Waals surface area contributed by atoms with Crippen LogP contribution in [-0.2, 0) is 0 Å². The Morgan fingerprint density at radius 2 is 1.90 bits per heavy atom. The van der Waals surface area contributed by atoms with Gasteiger partial charge in [0.05, 0.1) is 12.1 Å². The standard InChI is InChI=1S/C21H17F3N2O3/c22-21(23,24)29-16-6-3-5-15(12-16)20(27)26-11-10-17(13-26)28-19-9-8-14-4-1-2-7-18(14)25-19/h1-9,12,17H,10-11,13H2. The molecule has 0 N–H and O–H groups in total. The number of hydrogen-bond donors (Lipinski definition) is 0. The van der Waals surface area contributed by atoms with Crippen LogP contribution in [0.2, 0.25) is 0 Å². The summed E-state index contributed by atoms with van der Waals surface area (Å²) in [5, 5.41) is 1.00. The molecule has 5 nitrogen and oxygen atoms in total. The van der Waals surface area contributed by atoms with Crippen LogP contribution in [0.15, 0.2) is 60.7 Å². The molecule has 1 atom stereocenters. The monoisotopic (exact) mass is 402 g/mol. The van der Waals surface area contributed by atoms with Crippen LogP contribution in [-0.4, -0.2) is 41.3 Å². The lowest BCUT2D eigenvalue weighted by atomic mass is 10.2. The van der Waals surface area contributed by atoms with Crippen LogP contribution >= 0.6 is 0 Å². The van der Waals surface area contributed by atoms with E-state index in [1.54, 1.807) is 11.0 Å². The Bertz CT molecular complexity index is 1040. The number of benzene rings is 2. The highest BCUT2D eigenvalue weighted by Gasteiger charge is 2.32. The van der Waals surface area contributed by atoms with E-state index in [2.05, 4.69) is 9.72 Å². The van der Waals surface area contributed by atoms with E-state index in [1.807, 2.05) is 30.3 Å². The highest BCUT2D eigenvalue weighted by Crippen LogP contribution is 2.25. The molecule has 2 heterocycles. The van der Waals surface area contributed by atoms with Crippen molar-refractivity contribution < 1.29 is 27.4 Å². The van der Waals surface area contributed by atoms with E-state index in [4.69, 9.17) is 4.74 Å². The summed E-state index contributed by atoms with van der Waals surface area (Å²) in [4.78, 5) is 18.7. The van der Waals surface area contributed by atoms with Crippen molar-refractivity contribution in [2.75, 3.05) is 13.1 Å². The molecule has 3 aromatic rings. The molecule has 0 radical (unpaired) electrons. The summed E-state index contributed by atoms with van der Waals surface area (Å²) in [6, 6.07) is 16.4. The SMILES string of the molecule is O=C(c1cccc(OC(F)(F)F)c1)N1CCC(Oc2ccc3ccccc3n2)C1. The molecular weight excluding hydrogens is 385 g/mol. The molecule has 0 aliphatic carbocycles. The molecule has 1 aliphatic rings. The molecule has 1 aromatic heterocycles. The van der Waals surface area contributed by atoms with Crippen molar-refractivity contribution in [3.8, 4) is 11.6 Å². The minimum atomic E-state index is -4.80.